The van der Waals surface area contributed by atoms with Crippen LogP contribution < -0.4 is 0 Å². The fourth-order valence-corrected chi connectivity index (χ4v) is 2.66. The largest absolute Gasteiger partial charge is 0.449 e. The predicted molar refractivity (Wildman–Crippen MR) is 102 cm³/mol. The standard InChI is InChI=1S/C20H17BrN2O3/c1-13-7-9-16(10-8-13)20-23-22-19(26-20)14(2)25-18(24)12-11-15-5-3-4-6-17(15)21/h3-12,14H,1-2H3/b12-11+/t14-/m1/s1. The number of benzene rings is 2. The third-order valence-electron chi connectivity index (χ3n) is 3.68. The molecule has 0 aliphatic carbocycles. The molecule has 3 rings (SSSR count). The first kappa shape index (κ1) is 18.1. The molecule has 26 heavy (non-hydrogen) atoms. The fourth-order valence-electron chi connectivity index (χ4n) is 2.24. The van der Waals surface area contributed by atoms with Crippen molar-refractivity contribution in [3.63, 3.8) is 0 Å². The van der Waals surface area contributed by atoms with E-state index >= 15 is 0 Å². The van der Waals surface area contributed by atoms with Crippen LogP contribution in [0.1, 0.15) is 30.0 Å². The summed E-state index contributed by atoms with van der Waals surface area (Å²) < 4.78 is 11.9. The third-order valence-corrected chi connectivity index (χ3v) is 4.41. The Hall–Kier alpha value is -2.73. The number of halogens is 1. The minimum atomic E-state index is -0.641. The fraction of sp³-hybridized carbons (Fsp3) is 0.150. The van der Waals surface area contributed by atoms with Crippen LogP contribution in [0.2, 0.25) is 0 Å². The van der Waals surface area contributed by atoms with Crippen LogP contribution in [0.5, 0.6) is 0 Å². The molecule has 0 fully saturated rings. The normalized spacial score (nSPS) is 12.3. The molecule has 132 valence electrons. The maximum absolute atomic E-state index is 12.0. The minimum Gasteiger partial charge on any atom is -0.449 e. The van der Waals surface area contributed by atoms with E-state index in [9.17, 15) is 4.79 Å². The highest BCUT2D eigenvalue weighted by atomic mass is 79.9. The van der Waals surface area contributed by atoms with Crippen molar-refractivity contribution in [3.8, 4) is 11.5 Å². The van der Waals surface area contributed by atoms with Crippen LogP contribution in [-0.4, -0.2) is 16.2 Å². The average molecular weight is 413 g/mol. The molecule has 6 heteroatoms. The van der Waals surface area contributed by atoms with Gasteiger partial charge in [-0.25, -0.2) is 4.79 Å². The number of rotatable bonds is 5. The van der Waals surface area contributed by atoms with Crippen LogP contribution in [0.25, 0.3) is 17.5 Å². The zero-order valence-corrected chi connectivity index (χ0v) is 15.9. The molecular weight excluding hydrogens is 396 g/mol. The Morgan fingerprint density at radius 3 is 2.62 bits per heavy atom. The first-order chi connectivity index (χ1) is 12.5. The van der Waals surface area contributed by atoms with E-state index in [1.165, 1.54) is 6.08 Å². The summed E-state index contributed by atoms with van der Waals surface area (Å²) >= 11 is 3.43. The molecule has 0 radical (unpaired) electrons. The highest BCUT2D eigenvalue weighted by Gasteiger charge is 2.18. The smallest absolute Gasteiger partial charge is 0.331 e. The summed E-state index contributed by atoms with van der Waals surface area (Å²) in [6.45, 7) is 3.70. The van der Waals surface area contributed by atoms with Gasteiger partial charge < -0.3 is 9.15 Å². The number of aryl methyl sites for hydroxylation is 1. The van der Waals surface area contributed by atoms with Crippen LogP contribution in [0, 0.1) is 6.92 Å². The second-order valence-electron chi connectivity index (χ2n) is 5.75. The molecule has 0 spiro atoms. The van der Waals surface area contributed by atoms with Crippen molar-refractivity contribution >= 4 is 28.0 Å². The molecule has 0 N–H and O–H groups in total. The number of hydrogen-bond donors (Lipinski definition) is 0. The van der Waals surface area contributed by atoms with Gasteiger partial charge in [-0.05, 0) is 43.7 Å². The van der Waals surface area contributed by atoms with Crippen LogP contribution in [0.15, 0.2) is 63.5 Å². The zero-order chi connectivity index (χ0) is 18.5. The maximum atomic E-state index is 12.0. The molecular formula is C20H17BrN2O3. The SMILES string of the molecule is Cc1ccc(-c2nnc([C@@H](C)OC(=O)/C=C/c3ccccc3Br)o2)cc1. The van der Waals surface area contributed by atoms with Crippen molar-refractivity contribution in [1.29, 1.82) is 0 Å². The summed E-state index contributed by atoms with van der Waals surface area (Å²) in [7, 11) is 0. The quantitative estimate of drug-likeness (QED) is 0.429. The van der Waals surface area contributed by atoms with Gasteiger partial charge in [0.05, 0.1) is 0 Å². The summed E-state index contributed by atoms with van der Waals surface area (Å²) in [5, 5.41) is 7.99. The van der Waals surface area contributed by atoms with Crippen molar-refractivity contribution in [3.05, 3.63) is 76.1 Å². The Bertz CT molecular complexity index is 932. The monoisotopic (exact) mass is 412 g/mol. The maximum Gasteiger partial charge on any atom is 0.331 e. The van der Waals surface area contributed by atoms with E-state index < -0.39 is 12.1 Å². The molecule has 0 aliphatic heterocycles. The van der Waals surface area contributed by atoms with Crippen LogP contribution >= 0.6 is 15.9 Å². The van der Waals surface area contributed by atoms with Crippen LogP contribution in [-0.2, 0) is 9.53 Å². The molecule has 0 amide bonds. The molecule has 2 aromatic carbocycles. The van der Waals surface area contributed by atoms with E-state index in [0.717, 1.165) is 21.2 Å². The molecule has 0 saturated carbocycles. The van der Waals surface area contributed by atoms with E-state index in [1.54, 1.807) is 13.0 Å². The molecule has 0 aliphatic rings. The summed E-state index contributed by atoms with van der Waals surface area (Å²) in [6.07, 6.45) is 2.41. The number of hydrogen-bond acceptors (Lipinski definition) is 5. The minimum absolute atomic E-state index is 0.253. The highest BCUT2D eigenvalue weighted by Crippen LogP contribution is 2.23. The van der Waals surface area contributed by atoms with Crippen molar-refractivity contribution in [2.45, 2.75) is 20.0 Å². The van der Waals surface area contributed by atoms with E-state index in [-0.39, 0.29) is 5.89 Å². The highest BCUT2D eigenvalue weighted by molar-refractivity contribution is 9.10. The lowest BCUT2D eigenvalue weighted by Gasteiger charge is -2.07. The summed E-state index contributed by atoms with van der Waals surface area (Å²) in [5.41, 5.74) is 2.85. The Kier molecular flexibility index (Phi) is 5.63. The van der Waals surface area contributed by atoms with E-state index in [0.29, 0.717) is 5.89 Å². The van der Waals surface area contributed by atoms with E-state index in [2.05, 4.69) is 26.1 Å². The first-order valence-electron chi connectivity index (χ1n) is 8.06. The number of carbonyl (C=O) groups excluding carboxylic acids is 1. The lowest BCUT2D eigenvalue weighted by atomic mass is 10.1. The summed E-state index contributed by atoms with van der Waals surface area (Å²) in [4.78, 5) is 12.0. The topological polar surface area (TPSA) is 65.2 Å². The van der Waals surface area contributed by atoms with Gasteiger partial charge in [0.2, 0.25) is 5.89 Å². The summed E-state index contributed by atoms with van der Waals surface area (Å²) in [5.74, 6) is 0.165. The predicted octanol–water partition coefficient (Wildman–Crippen LogP) is 5.13. The third kappa shape index (κ3) is 4.46. The van der Waals surface area contributed by atoms with E-state index in [1.807, 2.05) is 55.5 Å². The van der Waals surface area contributed by atoms with Gasteiger partial charge in [-0.3, -0.25) is 0 Å². The lowest BCUT2D eigenvalue weighted by molar-refractivity contribution is -0.143. The molecule has 0 saturated heterocycles. The molecule has 3 aromatic rings. The molecule has 5 nitrogen and oxygen atoms in total. The molecule has 0 bridgehead atoms. The first-order valence-corrected chi connectivity index (χ1v) is 8.86. The van der Waals surface area contributed by atoms with Gasteiger partial charge in [0.1, 0.15) is 0 Å². The van der Waals surface area contributed by atoms with Crippen molar-refractivity contribution < 1.29 is 13.9 Å². The van der Waals surface area contributed by atoms with Crippen LogP contribution in [0.3, 0.4) is 0 Å². The van der Waals surface area contributed by atoms with E-state index in [4.69, 9.17) is 9.15 Å². The Morgan fingerprint density at radius 1 is 1.15 bits per heavy atom. The van der Waals surface area contributed by atoms with Gasteiger partial charge in [0, 0.05) is 16.1 Å². The second kappa shape index (κ2) is 8.10. The number of aromatic nitrogens is 2. The van der Waals surface area contributed by atoms with Gasteiger partial charge in [-0.1, -0.05) is 51.8 Å². The van der Waals surface area contributed by atoms with Gasteiger partial charge in [0.15, 0.2) is 6.10 Å². The number of nitrogens with zero attached hydrogens (tertiary/aromatic N) is 2. The Balaban J connectivity index is 1.64. The number of ether oxygens (including phenoxy) is 1. The average Bonchev–Trinajstić information content (AvgIpc) is 3.12. The van der Waals surface area contributed by atoms with Gasteiger partial charge in [-0.2, -0.15) is 0 Å². The van der Waals surface area contributed by atoms with Gasteiger partial charge >= 0.3 is 5.97 Å². The molecule has 1 heterocycles. The Morgan fingerprint density at radius 2 is 1.88 bits per heavy atom. The molecule has 1 aromatic heterocycles. The summed E-state index contributed by atoms with van der Waals surface area (Å²) in [6, 6.07) is 15.3. The Labute approximate surface area is 159 Å². The van der Waals surface area contributed by atoms with Crippen molar-refractivity contribution in [2.24, 2.45) is 0 Å². The van der Waals surface area contributed by atoms with Crippen molar-refractivity contribution in [1.82, 2.24) is 10.2 Å². The molecule has 1 atom stereocenters. The van der Waals surface area contributed by atoms with Gasteiger partial charge in [-0.15, -0.1) is 10.2 Å². The lowest BCUT2D eigenvalue weighted by Crippen LogP contribution is -2.06. The zero-order valence-electron chi connectivity index (χ0n) is 14.3. The number of esters is 1. The van der Waals surface area contributed by atoms with Crippen LogP contribution in [0.4, 0.5) is 0 Å². The van der Waals surface area contributed by atoms with Crippen molar-refractivity contribution in [2.75, 3.05) is 0 Å². The second-order valence-corrected chi connectivity index (χ2v) is 6.60. The molecule has 0 unspecified atom stereocenters. The number of carbonyl (C=O) groups is 1. The van der Waals surface area contributed by atoms with Gasteiger partial charge in [0.25, 0.3) is 5.89 Å².